The molecule has 0 radical (unpaired) electrons. The summed E-state index contributed by atoms with van der Waals surface area (Å²) in [5.74, 6) is 0.773. The summed E-state index contributed by atoms with van der Waals surface area (Å²) in [6.45, 7) is 7.30. The van der Waals surface area contributed by atoms with E-state index in [9.17, 15) is 8.42 Å². The molecule has 2 aliphatic heterocycles. The van der Waals surface area contributed by atoms with Crippen LogP contribution in [-0.4, -0.2) is 92.6 Å². The summed E-state index contributed by atoms with van der Waals surface area (Å²) in [5, 5.41) is 13.1. The van der Waals surface area contributed by atoms with Crippen molar-refractivity contribution in [2.75, 3.05) is 52.4 Å². The van der Waals surface area contributed by atoms with E-state index >= 15 is 0 Å². The molecule has 2 fully saturated rings. The lowest BCUT2D eigenvalue weighted by Crippen LogP contribution is -2.60. The van der Waals surface area contributed by atoms with Crippen LogP contribution in [0.4, 0.5) is 0 Å². The highest BCUT2D eigenvalue weighted by molar-refractivity contribution is 7.89. The summed E-state index contributed by atoms with van der Waals surface area (Å²) in [5.41, 5.74) is 1.00. The Morgan fingerprint density at radius 2 is 1.80 bits per heavy atom. The fraction of sp³-hybridized carbons (Fsp3) is 0.565. The maximum atomic E-state index is 12.7. The Labute approximate surface area is 211 Å². The second kappa shape index (κ2) is 11.2. The molecule has 0 amide bonds. The van der Waals surface area contributed by atoms with Crippen LogP contribution in [0.5, 0.6) is 5.75 Å². The Hall–Kier alpha value is -2.20. The molecule has 190 valence electrons. The molecule has 10 nitrogen and oxygen atoms in total. The number of aromatic nitrogens is 2. The van der Waals surface area contributed by atoms with Crippen molar-refractivity contribution in [3.8, 4) is 11.8 Å². The van der Waals surface area contributed by atoms with Gasteiger partial charge in [-0.05, 0) is 37.6 Å². The van der Waals surface area contributed by atoms with Crippen LogP contribution >= 0.6 is 11.6 Å². The zero-order chi connectivity index (χ0) is 25.0. The fourth-order valence-corrected chi connectivity index (χ4v) is 6.42. The number of nitriles is 1. The molecule has 2 saturated heterocycles. The smallest absolute Gasteiger partial charge is 0.245 e. The van der Waals surface area contributed by atoms with E-state index < -0.39 is 10.0 Å². The van der Waals surface area contributed by atoms with Crippen molar-refractivity contribution in [3.05, 3.63) is 40.7 Å². The normalized spacial score (nSPS) is 21.1. The van der Waals surface area contributed by atoms with E-state index in [4.69, 9.17) is 26.3 Å². The first-order valence-corrected chi connectivity index (χ1v) is 13.5. The highest BCUT2D eigenvalue weighted by atomic mass is 35.5. The molecule has 2 aliphatic rings. The molecule has 1 aromatic carbocycles. The van der Waals surface area contributed by atoms with Crippen LogP contribution < -0.4 is 9.46 Å². The van der Waals surface area contributed by atoms with Gasteiger partial charge in [0.25, 0.3) is 0 Å². The lowest BCUT2D eigenvalue weighted by atomic mass is 10.1. The fourth-order valence-electron chi connectivity index (χ4n) is 4.66. The lowest BCUT2D eigenvalue weighted by molar-refractivity contribution is -0.138. The SMILES string of the molecule is Cc1nn(C)c(Cl)c1S(=O)(=O)NCCN1CC2CN(CCCOc3ccc(C#N)cc3)CC(C1)O2. The van der Waals surface area contributed by atoms with Crippen LogP contribution in [0.15, 0.2) is 29.2 Å². The number of morpholine rings is 2. The van der Waals surface area contributed by atoms with Crippen LogP contribution in [-0.2, 0) is 21.8 Å². The number of ether oxygens (including phenoxy) is 2. The predicted molar refractivity (Wildman–Crippen MR) is 131 cm³/mol. The third-order valence-electron chi connectivity index (χ3n) is 6.19. The second-order valence-electron chi connectivity index (χ2n) is 8.96. The molecule has 0 spiro atoms. The summed E-state index contributed by atoms with van der Waals surface area (Å²) in [7, 11) is -2.11. The number of aryl methyl sites for hydroxylation is 2. The molecule has 2 aromatic rings. The minimum absolute atomic E-state index is 0.0410. The highest BCUT2D eigenvalue weighted by Crippen LogP contribution is 2.24. The van der Waals surface area contributed by atoms with Gasteiger partial charge in [-0.3, -0.25) is 14.5 Å². The van der Waals surface area contributed by atoms with Gasteiger partial charge in [-0.25, -0.2) is 13.1 Å². The van der Waals surface area contributed by atoms with E-state index in [0.29, 0.717) is 31.0 Å². The Morgan fingerprint density at radius 1 is 1.17 bits per heavy atom. The topological polar surface area (TPSA) is 113 Å². The van der Waals surface area contributed by atoms with Crippen molar-refractivity contribution in [3.63, 3.8) is 0 Å². The van der Waals surface area contributed by atoms with Crippen LogP contribution in [0.1, 0.15) is 17.7 Å². The quantitative estimate of drug-likeness (QED) is 0.466. The molecule has 1 aromatic heterocycles. The van der Waals surface area contributed by atoms with Crippen LogP contribution in [0.3, 0.4) is 0 Å². The number of fused-ring (bicyclic) bond motifs is 2. The number of nitrogens with zero attached hydrogens (tertiary/aromatic N) is 5. The third kappa shape index (κ3) is 6.52. The molecular weight excluding hydrogens is 492 g/mol. The average Bonchev–Trinajstić information content (AvgIpc) is 3.08. The number of hydrogen-bond acceptors (Lipinski definition) is 8. The van der Waals surface area contributed by atoms with E-state index in [1.165, 1.54) is 4.68 Å². The first kappa shape index (κ1) is 25.9. The number of rotatable bonds is 10. The number of halogens is 1. The maximum Gasteiger partial charge on any atom is 0.245 e. The van der Waals surface area contributed by atoms with E-state index in [1.54, 1.807) is 26.1 Å². The van der Waals surface area contributed by atoms with Crippen LogP contribution in [0, 0.1) is 18.3 Å². The summed E-state index contributed by atoms with van der Waals surface area (Å²) in [6.07, 6.45) is 1.11. The van der Waals surface area contributed by atoms with Crippen molar-refractivity contribution in [2.45, 2.75) is 30.4 Å². The van der Waals surface area contributed by atoms with Gasteiger partial charge in [-0.1, -0.05) is 11.6 Å². The summed E-state index contributed by atoms with van der Waals surface area (Å²) >= 11 is 6.12. The third-order valence-corrected chi connectivity index (χ3v) is 8.35. The lowest BCUT2D eigenvalue weighted by Gasteiger charge is -2.45. The molecule has 2 unspecified atom stereocenters. The largest absolute Gasteiger partial charge is 0.494 e. The molecule has 12 heteroatoms. The zero-order valence-electron chi connectivity index (χ0n) is 20.0. The molecule has 4 rings (SSSR count). The van der Waals surface area contributed by atoms with Gasteiger partial charge in [0.2, 0.25) is 10.0 Å². The van der Waals surface area contributed by atoms with Gasteiger partial charge in [-0.2, -0.15) is 10.4 Å². The maximum absolute atomic E-state index is 12.7. The Kier molecular flexibility index (Phi) is 8.31. The molecule has 35 heavy (non-hydrogen) atoms. The Morgan fingerprint density at radius 3 is 2.37 bits per heavy atom. The molecule has 1 N–H and O–H groups in total. The highest BCUT2D eigenvalue weighted by Gasteiger charge is 2.34. The molecule has 0 saturated carbocycles. The second-order valence-corrected chi connectivity index (χ2v) is 11.0. The van der Waals surface area contributed by atoms with E-state index in [-0.39, 0.29) is 22.3 Å². The van der Waals surface area contributed by atoms with Gasteiger partial charge in [0.15, 0.2) is 0 Å². The molecule has 2 bridgehead atoms. The van der Waals surface area contributed by atoms with Crippen LogP contribution in [0.2, 0.25) is 5.15 Å². The van der Waals surface area contributed by atoms with Gasteiger partial charge in [0.05, 0.1) is 36.1 Å². The molecule has 3 heterocycles. The van der Waals surface area contributed by atoms with E-state index in [2.05, 4.69) is 25.7 Å². The first-order valence-electron chi connectivity index (χ1n) is 11.7. The standard InChI is InChI=1S/C23H31ClN6O4S/c1-17-22(23(24)28(2)27-17)35(31,32)26-8-10-30-15-20-13-29(14-21(16-30)34-20)9-3-11-33-19-6-4-18(12-25)5-7-19/h4-7,20-21,26H,3,8-11,13-16H2,1-2H3. The predicted octanol–water partition coefficient (Wildman–Crippen LogP) is 1.39. The first-order chi connectivity index (χ1) is 16.7. The van der Waals surface area contributed by atoms with Gasteiger partial charge < -0.3 is 9.47 Å². The average molecular weight is 523 g/mol. The summed E-state index contributed by atoms with van der Waals surface area (Å²) in [4.78, 5) is 4.71. The van der Waals surface area contributed by atoms with Gasteiger partial charge in [-0.15, -0.1) is 0 Å². The van der Waals surface area contributed by atoms with Gasteiger partial charge in [0.1, 0.15) is 15.8 Å². The number of benzene rings is 1. The minimum atomic E-state index is -3.72. The van der Waals surface area contributed by atoms with Gasteiger partial charge >= 0.3 is 0 Å². The molecular formula is C23H31ClN6O4S. The summed E-state index contributed by atoms with van der Waals surface area (Å²) in [6, 6.07) is 9.25. The van der Waals surface area contributed by atoms with E-state index in [0.717, 1.165) is 44.9 Å². The number of sulfonamides is 1. The van der Waals surface area contributed by atoms with Crippen molar-refractivity contribution in [2.24, 2.45) is 7.05 Å². The zero-order valence-corrected chi connectivity index (χ0v) is 21.6. The Balaban J connectivity index is 1.18. The number of hydrogen-bond donors (Lipinski definition) is 1. The minimum Gasteiger partial charge on any atom is -0.494 e. The molecule has 0 aliphatic carbocycles. The van der Waals surface area contributed by atoms with Crippen molar-refractivity contribution in [1.29, 1.82) is 5.26 Å². The summed E-state index contributed by atoms with van der Waals surface area (Å²) < 4.78 is 41.3. The Bertz CT molecular complexity index is 1150. The monoisotopic (exact) mass is 522 g/mol. The van der Waals surface area contributed by atoms with Crippen molar-refractivity contribution in [1.82, 2.24) is 24.3 Å². The molecule has 2 atom stereocenters. The van der Waals surface area contributed by atoms with Gasteiger partial charge in [0, 0.05) is 52.9 Å². The van der Waals surface area contributed by atoms with E-state index in [1.807, 2.05) is 12.1 Å². The van der Waals surface area contributed by atoms with Crippen LogP contribution in [0.25, 0.3) is 0 Å². The number of nitrogens with one attached hydrogen (secondary N) is 1. The van der Waals surface area contributed by atoms with Crippen molar-refractivity contribution < 1.29 is 17.9 Å². The van der Waals surface area contributed by atoms with Crippen molar-refractivity contribution >= 4 is 21.6 Å².